The quantitative estimate of drug-likeness (QED) is 0.863. The number of carboxylic acid groups (broad SMARTS) is 1. The highest BCUT2D eigenvalue weighted by Crippen LogP contribution is 2.19. The summed E-state index contributed by atoms with van der Waals surface area (Å²) in [5.74, 6) is -1.46. The van der Waals surface area contributed by atoms with Gasteiger partial charge in [0.2, 0.25) is 5.95 Å². The van der Waals surface area contributed by atoms with Crippen LogP contribution >= 0.6 is 11.6 Å². The summed E-state index contributed by atoms with van der Waals surface area (Å²) in [6.07, 6.45) is 1.31. The number of fused-ring (bicyclic) bond motifs is 1. The summed E-state index contributed by atoms with van der Waals surface area (Å²) in [6, 6.07) is 4.79. The van der Waals surface area contributed by atoms with Crippen LogP contribution in [0.1, 0.15) is 0 Å². The second kappa shape index (κ2) is 4.61. The van der Waals surface area contributed by atoms with E-state index in [1.165, 1.54) is 17.3 Å². The van der Waals surface area contributed by atoms with Crippen LogP contribution in [0.2, 0.25) is 5.02 Å². The molecule has 1 aromatic heterocycles. The summed E-state index contributed by atoms with van der Waals surface area (Å²) < 4.78 is 0. The fraction of sp³-hybridized carbons (Fsp3) is 0.167. The Bertz CT molecular complexity index is 786. The summed E-state index contributed by atoms with van der Waals surface area (Å²) in [4.78, 5) is 29.7. The maximum atomic E-state index is 12.0. The minimum atomic E-state index is -0.967. The number of halogens is 1. The molecule has 0 saturated carbocycles. The van der Waals surface area contributed by atoms with Crippen molar-refractivity contribution in [2.24, 2.45) is 11.0 Å². The second-order valence-electron chi connectivity index (χ2n) is 4.34. The van der Waals surface area contributed by atoms with E-state index in [2.05, 4.69) is 15.1 Å². The van der Waals surface area contributed by atoms with E-state index >= 15 is 0 Å². The summed E-state index contributed by atoms with van der Waals surface area (Å²) in [7, 11) is 0. The Labute approximate surface area is 117 Å². The molecule has 3 rings (SSSR count). The predicted molar refractivity (Wildman–Crippen MR) is 74.3 cm³/mol. The SMILES string of the molecule is O=C(O)C1C=NN(c2nc3ccc(Cl)cc3c(=O)[nH]2)C1. The van der Waals surface area contributed by atoms with Crippen molar-refractivity contribution in [3.8, 4) is 0 Å². The number of nitrogens with one attached hydrogen (secondary N) is 1. The van der Waals surface area contributed by atoms with E-state index in [0.717, 1.165) is 0 Å². The van der Waals surface area contributed by atoms with Crippen molar-refractivity contribution in [3.05, 3.63) is 33.6 Å². The first kappa shape index (κ1) is 12.6. The van der Waals surface area contributed by atoms with Gasteiger partial charge in [-0.25, -0.2) is 9.99 Å². The van der Waals surface area contributed by atoms with Crippen LogP contribution in [0.4, 0.5) is 5.95 Å². The molecule has 0 amide bonds. The summed E-state index contributed by atoms with van der Waals surface area (Å²) in [5.41, 5.74) is 0.128. The Morgan fingerprint density at radius 1 is 1.50 bits per heavy atom. The molecule has 1 unspecified atom stereocenters. The van der Waals surface area contributed by atoms with Crippen molar-refractivity contribution in [3.63, 3.8) is 0 Å². The fourth-order valence-corrected chi connectivity index (χ4v) is 2.12. The third-order valence-corrected chi connectivity index (χ3v) is 3.21. The van der Waals surface area contributed by atoms with Crippen molar-refractivity contribution >= 4 is 40.6 Å². The number of hydrogen-bond acceptors (Lipinski definition) is 5. The van der Waals surface area contributed by atoms with Crippen molar-refractivity contribution in [2.75, 3.05) is 11.6 Å². The molecule has 102 valence electrons. The molecule has 7 nitrogen and oxygen atoms in total. The molecule has 2 N–H and O–H groups in total. The molecule has 1 atom stereocenters. The zero-order chi connectivity index (χ0) is 14.3. The Hall–Kier alpha value is -2.41. The van der Waals surface area contributed by atoms with Gasteiger partial charge in [0.25, 0.3) is 5.56 Å². The fourth-order valence-electron chi connectivity index (χ4n) is 1.95. The van der Waals surface area contributed by atoms with Gasteiger partial charge in [0.15, 0.2) is 0 Å². The van der Waals surface area contributed by atoms with Crippen molar-refractivity contribution in [1.29, 1.82) is 0 Å². The van der Waals surface area contributed by atoms with E-state index in [4.69, 9.17) is 16.7 Å². The van der Waals surface area contributed by atoms with Gasteiger partial charge in [0.1, 0.15) is 5.92 Å². The highest BCUT2D eigenvalue weighted by Gasteiger charge is 2.26. The van der Waals surface area contributed by atoms with Gasteiger partial charge in [-0.15, -0.1) is 0 Å². The second-order valence-corrected chi connectivity index (χ2v) is 4.78. The maximum Gasteiger partial charge on any atom is 0.313 e. The monoisotopic (exact) mass is 292 g/mol. The van der Waals surface area contributed by atoms with Gasteiger partial charge in [-0.05, 0) is 18.2 Å². The lowest BCUT2D eigenvalue weighted by Crippen LogP contribution is -2.26. The van der Waals surface area contributed by atoms with Crippen LogP contribution in [0.3, 0.4) is 0 Å². The van der Waals surface area contributed by atoms with Gasteiger partial charge in [0, 0.05) is 11.2 Å². The van der Waals surface area contributed by atoms with Crippen LogP contribution in [-0.4, -0.2) is 33.8 Å². The highest BCUT2D eigenvalue weighted by atomic mass is 35.5. The Morgan fingerprint density at radius 3 is 3.00 bits per heavy atom. The van der Waals surface area contributed by atoms with E-state index in [-0.39, 0.29) is 18.1 Å². The minimum Gasteiger partial charge on any atom is -0.481 e. The van der Waals surface area contributed by atoms with E-state index in [1.807, 2.05) is 0 Å². The van der Waals surface area contributed by atoms with Gasteiger partial charge in [-0.3, -0.25) is 14.6 Å². The zero-order valence-corrected chi connectivity index (χ0v) is 10.8. The average Bonchev–Trinajstić information content (AvgIpc) is 2.89. The molecular weight excluding hydrogens is 284 g/mol. The molecule has 0 saturated heterocycles. The normalized spacial score (nSPS) is 17.9. The summed E-state index contributed by atoms with van der Waals surface area (Å²) in [6.45, 7) is 0.136. The van der Waals surface area contributed by atoms with E-state index in [0.29, 0.717) is 15.9 Å². The molecule has 0 radical (unpaired) electrons. The first-order valence-electron chi connectivity index (χ1n) is 5.78. The molecule has 1 aromatic carbocycles. The van der Waals surface area contributed by atoms with Gasteiger partial charge in [-0.1, -0.05) is 11.6 Å². The third kappa shape index (κ3) is 2.12. The van der Waals surface area contributed by atoms with Gasteiger partial charge in [0.05, 0.1) is 17.4 Å². The van der Waals surface area contributed by atoms with E-state index < -0.39 is 11.9 Å². The smallest absolute Gasteiger partial charge is 0.313 e. The van der Waals surface area contributed by atoms with Crippen molar-refractivity contribution in [2.45, 2.75) is 0 Å². The Morgan fingerprint density at radius 2 is 2.30 bits per heavy atom. The standard InChI is InChI=1S/C12H9ClN4O3/c13-7-1-2-9-8(3-7)10(18)16-12(15-9)17-5-6(4-14-17)11(19)20/h1-4,6H,5H2,(H,19,20)(H,15,16,18). The number of benzene rings is 1. The molecule has 2 aromatic rings. The van der Waals surface area contributed by atoms with Gasteiger partial charge >= 0.3 is 5.97 Å². The molecule has 20 heavy (non-hydrogen) atoms. The van der Waals surface area contributed by atoms with Gasteiger partial charge < -0.3 is 5.11 Å². The van der Waals surface area contributed by atoms with Gasteiger partial charge in [-0.2, -0.15) is 5.10 Å². The van der Waals surface area contributed by atoms with Crippen LogP contribution in [0.15, 0.2) is 28.1 Å². The number of anilines is 1. The number of aromatic amines is 1. The molecule has 0 fully saturated rings. The van der Waals surface area contributed by atoms with Crippen molar-refractivity contribution < 1.29 is 9.90 Å². The number of aromatic nitrogens is 2. The zero-order valence-electron chi connectivity index (χ0n) is 10.1. The molecule has 0 aliphatic carbocycles. The summed E-state index contributed by atoms with van der Waals surface area (Å²) in [5, 5.41) is 15.0. The number of hydrazone groups is 1. The summed E-state index contributed by atoms with van der Waals surface area (Å²) >= 11 is 5.83. The average molecular weight is 293 g/mol. The Balaban J connectivity index is 2.02. The molecule has 2 heterocycles. The molecule has 0 bridgehead atoms. The number of rotatable bonds is 2. The largest absolute Gasteiger partial charge is 0.481 e. The lowest BCUT2D eigenvalue weighted by Gasteiger charge is -2.13. The number of carboxylic acids is 1. The predicted octanol–water partition coefficient (Wildman–Crippen LogP) is 1.08. The molecular formula is C12H9ClN4O3. The maximum absolute atomic E-state index is 12.0. The lowest BCUT2D eigenvalue weighted by atomic mass is 10.2. The number of carbonyl (C=O) groups is 1. The highest BCUT2D eigenvalue weighted by molar-refractivity contribution is 6.31. The molecule has 1 aliphatic rings. The topological polar surface area (TPSA) is 98.6 Å². The molecule has 0 spiro atoms. The Kier molecular flexibility index (Phi) is 2.90. The van der Waals surface area contributed by atoms with E-state index in [1.54, 1.807) is 12.1 Å². The number of H-pyrrole nitrogens is 1. The van der Waals surface area contributed by atoms with E-state index in [9.17, 15) is 9.59 Å². The molecule has 1 aliphatic heterocycles. The lowest BCUT2D eigenvalue weighted by molar-refractivity contribution is -0.138. The number of hydrogen-bond donors (Lipinski definition) is 2. The number of nitrogens with zero attached hydrogens (tertiary/aromatic N) is 3. The minimum absolute atomic E-state index is 0.136. The van der Waals surface area contributed by atoms with Crippen LogP contribution in [-0.2, 0) is 4.79 Å². The van der Waals surface area contributed by atoms with Crippen LogP contribution in [0.5, 0.6) is 0 Å². The van der Waals surface area contributed by atoms with Crippen LogP contribution in [0.25, 0.3) is 10.9 Å². The number of aliphatic carboxylic acids is 1. The van der Waals surface area contributed by atoms with Crippen LogP contribution < -0.4 is 10.6 Å². The first-order chi connectivity index (χ1) is 9.54. The first-order valence-corrected chi connectivity index (χ1v) is 6.16. The van der Waals surface area contributed by atoms with Crippen LogP contribution in [0, 0.1) is 5.92 Å². The third-order valence-electron chi connectivity index (χ3n) is 2.97. The molecule has 8 heteroatoms. The van der Waals surface area contributed by atoms with Crippen molar-refractivity contribution in [1.82, 2.24) is 9.97 Å².